The molecule has 0 spiro atoms. The first-order valence-electron chi connectivity index (χ1n) is 6.48. The number of nitrogens with one attached hydrogen (secondary N) is 1. The number of benzene rings is 1. The summed E-state index contributed by atoms with van der Waals surface area (Å²) in [5.74, 6) is 0. The van der Waals surface area contributed by atoms with Crippen molar-refractivity contribution in [2.75, 3.05) is 13.7 Å². The van der Waals surface area contributed by atoms with Gasteiger partial charge in [0.25, 0.3) is 0 Å². The van der Waals surface area contributed by atoms with Gasteiger partial charge in [0, 0.05) is 11.5 Å². The zero-order valence-corrected chi connectivity index (χ0v) is 11.1. The van der Waals surface area contributed by atoms with Crippen molar-refractivity contribution in [3.63, 3.8) is 0 Å². The van der Waals surface area contributed by atoms with Crippen LogP contribution in [-0.2, 0) is 0 Å². The zero-order valence-electron chi connectivity index (χ0n) is 11.1. The number of hydrogen-bond donors (Lipinski definition) is 2. The molecule has 0 aliphatic heterocycles. The van der Waals surface area contributed by atoms with Gasteiger partial charge in [-0.25, -0.2) is 0 Å². The highest BCUT2D eigenvalue weighted by atomic mass is 16.3. The summed E-state index contributed by atoms with van der Waals surface area (Å²) < 4.78 is 0. The third-order valence-corrected chi connectivity index (χ3v) is 4.43. The predicted molar refractivity (Wildman–Crippen MR) is 71.1 cm³/mol. The second-order valence-electron chi connectivity index (χ2n) is 5.44. The van der Waals surface area contributed by atoms with Crippen molar-refractivity contribution in [3.8, 4) is 0 Å². The molecule has 1 aliphatic carbocycles. The summed E-state index contributed by atoms with van der Waals surface area (Å²) in [4.78, 5) is 0. The Balaban J connectivity index is 2.31. The second kappa shape index (κ2) is 4.79. The van der Waals surface area contributed by atoms with Crippen molar-refractivity contribution >= 4 is 0 Å². The Labute approximate surface area is 104 Å². The lowest BCUT2D eigenvalue weighted by atomic mass is 9.63. The second-order valence-corrected chi connectivity index (χ2v) is 5.44. The van der Waals surface area contributed by atoms with Crippen LogP contribution < -0.4 is 5.32 Å². The minimum Gasteiger partial charge on any atom is -0.396 e. The number of rotatable bonds is 4. The topological polar surface area (TPSA) is 32.3 Å². The molecule has 2 rings (SSSR count). The van der Waals surface area contributed by atoms with E-state index in [9.17, 15) is 5.11 Å². The summed E-state index contributed by atoms with van der Waals surface area (Å²) in [6.07, 6.45) is 3.49. The van der Waals surface area contributed by atoms with E-state index >= 15 is 0 Å². The van der Waals surface area contributed by atoms with Gasteiger partial charge in [-0.1, -0.05) is 24.6 Å². The molecule has 0 bridgehead atoms. The maximum absolute atomic E-state index is 9.68. The van der Waals surface area contributed by atoms with Gasteiger partial charge in [-0.2, -0.15) is 0 Å². The largest absolute Gasteiger partial charge is 0.396 e. The smallest absolute Gasteiger partial charge is 0.0505 e. The SMILES string of the molecule is CNC(c1ccc(C)c(C)c1)C1(CO)CCC1. The molecule has 2 nitrogen and oxygen atoms in total. The highest BCUT2D eigenvalue weighted by molar-refractivity contribution is 5.33. The summed E-state index contributed by atoms with van der Waals surface area (Å²) in [6, 6.07) is 6.91. The van der Waals surface area contributed by atoms with E-state index in [2.05, 4.69) is 37.4 Å². The van der Waals surface area contributed by atoms with Crippen molar-refractivity contribution in [3.05, 3.63) is 34.9 Å². The molecule has 1 aromatic rings. The molecule has 94 valence electrons. The Kier molecular flexibility index (Phi) is 3.55. The summed E-state index contributed by atoms with van der Waals surface area (Å²) in [7, 11) is 2.00. The lowest BCUT2D eigenvalue weighted by molar-refractivity contribution is 0.00781. The van der Waals surface area contributed by atoms with Crippen LogP contribution in [-0.4, -0.2) is 18.8 Å². The van der Waals surface area contributed by atoms with E-state index in [-0.39, 0.29) is 18.1 Å². The van der Waals surface area contributed by atoms with Crippen LogP contribution >= 0.6 is 0 Å². The Bertz CT molecular complexity index is 390. The maximum atomic E-state index is 9.68. The van der Waals surface area contributed by atoms with Gasteiger partial charge in [0.2, 0.25) is 0 Å². The molecule has 1 saturated carbocycles. The van der Waals surface area contributed by atoms with Crippen molar-refractivity contribution in [2.24, 2.45) is 5.41 Å². The van der Waals surface area contributed by atoms with Gasteiger partial charge in [0.1, 0.15) is 0 Å². The molecular formula is C15H23NO. The van der Waals surface area contributed by atoms with Crippen LogP contribution in [0.4, 0.5) is 0 Å². The molecule has 1 atom stereocenters. The molecule has 2 N–H and O–H groups in total. The summed E-state index contributed by atoms with van der Waals surface area (Å²) in [5.41, 5.74) is 4.03. The number of aliphatic hydroxyl groups is 1. The van der Waals surface area contributed by atoms with Crippen LogP contribution in [0.5, 0.6) is 0 Å². The molecule has 0 heterocycles. The molecule has 1 unspecified atom stereocenters. The normalized spacial score (nSPS) is 19.8. The minimum absolute atomic E-state index is 0.0659. The summed E-state index contributed by atoms with van der Waals surface area (Å²) in [5, 5.41) is 13.1. The molecule has 0 aromatic heterocycles. The maximum Gasteiger partial charge on any atom is 0.0505 e. The fourth-order valence-electron chi connectivity index (χ4n) is 2.94. The lowest BCUT2D eigenvalue weighted by Gasteiger charge is -2.46. The van der Waals surface area contributed by atoms with E-state index < -0.39 is 0 Å². The van der Waals surface area contributed by atoms with Crippen LogP contribution in [0.25, 0.3) is 0 Å². The Morgan fingerprint density at radius 2 is 2.00 bits per heavy atom. The van der Waals surface area contributed by atoms with Crippen molar-refractivity contribution in [2.45, 2.75) is 39.2 Å². The number of aliphatic hydroxyl groups excluding tert-OH is 1. The molecular weight excluding hydrogens is 210 g/mol. The molecule has 0 amide bonds. The third-order valence-electron chi connectivity index (χ3n) is 4.43. The van der Waals surface area contributed by atoms with Crippen molar-refractivity contribution in [1.82, 2.24) is 5.32 Å². The van der Waals surface area contributed by atoms with Crippen LogP contribution in [0, 0.1) is 19.3 Å². The number of aryl methyl sites for hydroxylation is 2. The summed E-state index contributed by atoms with van der Waals surface area (Å²) in [6.45, 7) is 4.57. The minimum atomic E-state index is 0.0659. The molecule has 1 fully saturated rings. The standard InChI is InChI=1S/C15H23NO/c1-11-5-6-13(9-12(11)2)14(16-3)15(10-17)7-4-8-15/h5-6,9,14,16-17H,4,7-8,10H2,1-3H3. The lowest BCUT2D eigenvalue weighted by Crippen LogP contribution is -2.44. The summed E-state index contributed by atoms with van der Waals surface area (Å²) >= 11 is 0. The Morgan fingerprint density at radius 1 is 1.29 bits per heavy atom. The molecule has 2 heteroatoms. The van der Waals surface area contributed by atoms with Gasteiger partial charge in [-0.3, -0.25) is 0 Å². The highest BCUT2D eigenvalue weighted by Gasteiger charge is 2.43. The predicted octanol–water partition coefficient (Wildman–Crippen LogP) is 2.73. The fraction of sp³-hybridized carbons (Fsp3) is 0.600. The van der Waals surface area contributed by atoms with Gasteiger partial charge in [-0.05, 0) is 50.4 Å². The van der Waals surface area contributed by atoms with E-state index in [0.29, 0.717) is 0 Å². The van der Waals surface area contributed by atoms with Crippen molar-refractivity contribution in [1.29, 1.82) is 0 Å². The molecule has 0 radical (unpaired) electrons. The average molecular weight is 233 g/mol. The van der Waals surface area contributed by atoms with E-state index in [1.165, 1.54) is 23.1 Å². The number of hydrogen-bond acceptors (Lipinski definition) is 2. The third kappa shape index (κ3) is 2.12. The van der Waals surface area contributed by atoms with Gasteiger partial charge >= 0.3 is 0 Å². The van der Waals surface area contributed by atoms with Gasteiger partial charge in [0.05, 0.1) is 6.61 Å². The molecule has 0 saturated heterocycles. The van der Waals surface area contributed by atoms with E-state index in [0.717, 1.165) is 12.8 Å². The van der Waals surface area contributed by atoms with Crippen LogP contribution in [0.2, 0.25) is 0 Å². The monoisotopic (exact) mass is 233 g/mol. The van der Waals surface area contributed by atoms with Gasteiger partial charge in [-0.15, -0.1) is 0 Å². The van der Waals surface area contributed by atoms with Gasteiger partial charge in [0.15, 0.2) is 0 Å². The van der Waals surface area contributed by atoms with E-state index in [1.54, 1.807) is 0 Å². The first kappa shape index (κ1) is 12.6. The highest BCUT2D eigenvalue weighted by Crippen LogP contribution is 2.49. The quantitative estimate of drug-likeness (QED) is 0.838. The molecule has 1 aromatic carbocycles. The molecule has 17 heavy (non-hydrogen) atoms. The van der Waals surface area contributed by atoms with Crippen LogP contribution in [0.15, 0.2) is 18.2 Å². The fourth-order valence-corrected chi connectivity index (χ4v) is 2.94. The Hall–Kier alpha value is -0.860. The first-order chi connectivity index (χ1) is 8.13. The Morgan fingerprint density at radius 3 is 2.41 bits per heavy atom. The van der Waals surface area contributed by atoms with E-state index in [4.69, 9.17) is 0 Å². The molecule has 1 aliphatic rings. The van der Waals surface area contributed by atoms with Crippen LogP contribution in [0.3, 0.4) is 0 Å². The first-order valence-corrected chi connectivity index (χ1v) is 6.48. The van der Waals surface area contributed by atoms with Gasteiger partial charge < -0.3 is 10.4 Å². The van der Waals surface area contributed by atoms with Crippen molar-refractivity contribution < 1.29 is 5.11 Å². The van der Waals surface area contributed by atoms with E-state index in [1.807, 2.05) is 7.05 Å². The average Bonchev–Trinajstić information content (AvgIpc) is 2.27. The zero-order chi connectivity index (χ0) is 12.5. The van der Waals surface area contributed by atoms with Crippen LogP contribution in [0.1, 0.15) is 42.0 Å².